The highest BCUT2D eigenvalue weighted by Crippen LogP contribution is 2.42. The number of thioether (sulfide) groups is 2. The van der Waals surface area contributed by atoms with Crippen molar-refractivity contribution in [3.63, 3.8) is 0 Å². The molecule has 48 heavy (non-hydrogen) atoms. The summed E-state index contributed by atoms with van der Waals surface area (Å²) in [4.78, 5) is 59.8. The molecule has 2 aromatic rings. The SMILES string of the molecule is CCC(OC(=O)OC1CCCC1)OC(=O)C1=C(CSc2nnnn2CCN(C)C)CS[C@@H]2[C@H](NC(=O)Cc3csc(N)n3)C(=O)N12.Cl.Cl. The van der Waals surface area contributed by atoms with Gasteiger partial charge in [0.2, 0.25) is 11.1 Å². The third-order valence-electron chi connectivity index (χ3n) is 7.47. The number of carbonyl (C=O) groups excluding carboxylic acids is 4. The van der Waals surface area contributed by atoms with Gasteiger partial charge in [0.1, 0.15) is 23.2 Å². The molecule has 3 atom stereocenters. The largest absolute Gasteiger partial charge is 0.511 e. The van der Waals surface area contributed by atoms with Gasteiger partial charge in [-0.2, -0.15) is 0 Å². The molecule has 2 fully saturated rings. The van der Waals surface area contributed by atoms with Gasteiger partial charge in [-0.25, -0.2) is 19.3 Å². The minimum Gasteiger partial charge on any atom is -0.431 e. The third kappa shape index (κ3) is 9.87. The number of tetrazole rings is 1. The van der Waals surface area contributed by atoms with Crippen molar-refractivity contribution >= 4 is 88.7 Å². The van der Waals surface area contributed by atoms with Gasteiger partial charge in [0.25, 0.3) is 12.2 Å². The molecule has 4 heterocycles. The number of β-lactam (4-membered cyclic amide) rings is 1. The first-order valence-electron chi connectivity index (χ1n) is 14.9. The number of hydrogen-bond acceptors (Lipinski definition) is 16. The molecule has 3 N–H and O–H groups in total. The molecule has 266 valence electrons. The molecule has 2 aromatic heterocycles. The van der Waals surface area contributed by atoms with Crippen LogP contribution in [-0.2, 0) is 41.6 Å². The molecule has 3 aliphatic rings. The number of aromatic nitrogens is 5. The van der Waals surface area contributed by atoms with Crippen molar-refractivity contribution in [2.75, 3.05) is 37.9 Å². The molecule has 0 spiro atoms. The van der Waals surface area contributed by atoms with Crippen LogP contribution in [0.1, 0.15) is 44.7 Å². The van der Waals surface area contributed by atoms with Crippen molar-refractivity contribution in [1.29, 1.82) is 0 Å². The topological polar surface area (TPSA) is 197 Å². The summed E-state index contributed by atoms with van der Waals surface area (Å²) in [6.45, 7) is 3.00. The van der Waals surface area contributed by atoms with E-state index < -0.39 is 35.7 Å². The second-order valence-electron chi connectivity index (χ2n) is 11.2. The summed E-state index contributed by atoms with van der Waals surface area (Å²) in [6.07, 6.45) is 1.31. The summed E-state index contributed by atoms with van der Waals surface area (Å²) in [6, 6.07) is -0.844. The number of anilines is 1. The first-order chi connectivity index (χ1) is 22.1. The van der Waals surface area contributed by atoms with Gasteiger partial charge >= 0.3 is 12.1 Å². The van der Waals surface area contributed by atoms with Crippen LogP contribution in [0.25, 0.3) is 0 Å². The van der Waals surface area contributed by atoms with Gasteiger partial charge in [0.15, 0.2) is 5.13 Å². The smallest absolute Gasteiger partial charge is 0.431 e. The molecule has 1 unspecified atom stereocenters. The van der Waals surface area contributed by atoms with Crippen molar-refractivity contribution in [2.24, 2.45) is 0 Å². The lowest BCUT2D eigenvalue weighted by molar-refractivity contribution is -0.173. The number of nitrogen functional groups attached to an aromatic ring is 1. The summed E-state index contributed by atoms with van der Waals surface area (Å²) in [5, 5.41) is 16.8. The lowest BCUT2D eigenvalue weighted by atomic mass is 10.0. The molecule has 1 saturated carbocycles. The van der Waals surface area contributed by atoms with E-state index in [9.17, 15) is 19.2 Å². The van der Waals surface area contributed by atoms with Crippen LogP contribution in [0.5, 0.6) is 0 Å². The van der Waals surface area contributed by atoms with Crippen LogP contribution in [0.3, 0.4) is 0 Å². The fourth-order valence-corrected chi connectivity index (χ4v) is 8.06. The molecule has 16 nitrogen and oxygen atoms in total. The highest BCUT2D eigenvalue weighted by Gasteiger charge is 2.54. The Bertz CT molecular complexity index is 1470. The Kier molecular flexibility index (Phi) is 15.0. The van der Waals surface area contributed by atoms with E-state index in [0.717, 1.165) is 32.2 Å². The summed E-state index contributed by atoms with van der Waals surface area (Å²) < 4.78 is 18.0. The number of thiazole rings is 1. The molecule has 0 radical (unpaired) electrons. The highest BCUT2D eigenvalue weighted by atomic mass is 35.5. The predicted octanol–water partition coefficient (Wildman–Crippen LogP) is 2.48. The van der Waals surface area contributed by atoms with Crippen molar-refractivity contribution in [1.82, 2.24) is 40.3 Å². The van der Waals surface area contributed by atoms with E-state index in [2.05, 4.69) is 25.8 Å². The summed E-state index contributed by atoms with van der Waals surface area (Å²) in [5.74, 6) is -0.988. The minimum absolute atomic E-state index is 0. The van der Waals surface area contributed by atoms with Crippen LogP contribution >= 0.6 is 59.7 Å². The number of likely N-dealkylation sites (N-methyl/N-ethyl adjacent to an activating group) is 1. The van der Waals surface area contributed by atoms with Crippen LogP contribution in [0.15, 0.2) is 21.8 Å². The fraction of sp³-hybridized carbons (Fsp3) is 0.630. The van der Waals surface area contributed by atoms with Crippen molar-refractivity contribution < 1.29 is 33.4 Å². The zero-order chi connectivity index (χ0) is 32.8. The molecule has 1 saturated heterocycles. The second kappa shape index (κ2) is 18.2. The van der Waals surface area contributed by atoms with Crippen molar-refractivity contribution in [3.05, 3.63) is 22.3 Å². The monoisotopic (exact) mass is 767 g/mol. The number of fused-ring (bicyclic) bond motifs is 1. The fourth-order valence-electron chi connectivity index (χ4n) is 5.11. The molecule has 2 amide bonds. The molecule has 0 bridgehead atoms. The lowest BCUT2D eigenvalue weighted by Gasteiger charge is -2.49. The maximum Gasteiger partial charge on any atom is 0.511 e. The Balaban J connectivity index is 0.00000312. The van der Waals surface area contributed by atoms with Gasteiger partial charge in [-0.05, 0) is 55.8 Å². The van der Waals surface area contributed by atoms with Crippen LogP contribution in [0.4, 0.5) is 9.93 Å². The molecular weight excluding hydrogens is 729 g/mol. The number of nitrogens with two attached hydrogens (primary N) is 1. The zero-order valence-corrected chi connectivity index (χ0v) is 30.6. The number of ether oxygens (including phenoxy) is 3. The number of nitrogens with zero attached hydrogens (tertiary/aromatic N) is 7. The van der Waals surface area contributed by atoms with E-state index in [1.54, 1.807) is 17.0 Å². The summed E-state index contributed by atoms with van der Waals surface area (Å²) in [5.41, 5.74) is 6.85. The number of halogens is 2. The molecule has 2 aliphatic heterocycles. The van der Waals surface area contributed by atoms with Gasteiger partial charge < -0.3 is 30.2 Å². The number of esters is 1. The van der Waals surface area contributed by atoms with Crippen LogP contribution in [0.2, 0.25) is 0 Å². The van der Waals surface area contributed by atoms with E-state index in [0.29, 0.717) is 39.6 Å². The van der Waals surface area contributed by atoms with Gasteiger partial charge in [-0.3, -0.25) is 14.5 Å². The van der Waals surface area contributed by atoms with Crippen LogP contribution in [-0.4, -0.2) is 115 Å². The molecule has 21 heteroatoms. The van der Waals surface area contributed by atoms with E-state index in [1.807, 2.05) is 19.0 Å². The Morgan fingerprint density at radius 2 is 1.96 bits per heavy atom. The van der Waals surface area contributed by atoms with Gasteiger partial charge in [-0.1, -0.05) is 18.7 Å². The highest BCUT2D eigenvalue weighted by molar-refractivity contribution is 8.01. The zero-order valence-electron chi connectivity index (χ0n) is 26.6. The number of carbonyl (C=O) groups is 4. The van der Waals surface area contributed by atoms with E-state index in [4.69, 9.17) is 19.9 Å². The summed E-state index contributed by atoms with van der Waals surface area (Å²) in [7, 11) is 3.90. The number of amides is 2. The van der Waals surface area contributed by atoms with Crippen LogP contribution in [0, 0.1) is 0 Å². The maximum absolute atomic E-state index is 13.7. The Labute approximate surface area is 302 Å². The normalized spacial score (nSPS) is 19.5. The number of nitrogens with one attached hydrogen (secondary N) is 1. The van der Waals surface area contributed by atoms with E-state index in [-0.39, 0.29) is 55.4 Å². The van der Waals surface area contributed by atoms with Crippen molar-refractivity contribution in [2.45, 2.75) is 81.0 Å². The third-order valence-corrected chi connectivity index (χ3v) is 10.6. The first kappa shape index (κ1) is 39.6. The van der Waals surface area contributed by atoms with E-state index in [1.165, 1.54) is 39.8 Å². The standard InChI is InChI=1S/C27H37N9O7S3.2ClH/c1-4-19(43-27(40)41-17-7-5-6-8-17)42-24(39)21-15(13-46-26-31-32-33-35(26)10-9-34(2)3)12-44-23-20(22(38)36(21)23)30-18(37)11-16-14-45-25(28)29-16;;/h14,17,19-20,23H,4-13H2,1-3H3,(H2,28,29)(H,30,37);2*1H/t19?,20-,23-;;/m1../s1. The number of rotatable bonds is 14. The average molecular weight is 769 g/mol. The Hall–Kier alpha value is -2.84. The Morgan fingerprint density at radius 3 is 2.62 bits per heavy atom. The average Bonchev–Trinajstić information content (AvgIpc) is 3.79. The predicted molar refractivity (Wildman–Crippen MR) is 184 cm³/mol. The van der Waals surface area contributed by atoms with Gasteiger partial charge in [-0.15, -0.1) is 53.0 Å². The molecule has 5 rings (SSSR count). The first-order valence-corrected chi connectivity index (χ1v) is 17.8. The maximum atomic E-state index is 13.7. The van der Waals surface area contributed by atoms with Gasteiger partial charge in [0.05, 0.1) is 18.7 Å². The molecular formula is C27H39Cl2N9O7S3. The van der Waals surface area contributed by atoms with Gasteiger partial charge in [0, 0.05) is 29.9 Å². The van der Waals surface area contributed by atoms with E-state index >= 15 is 0 Å². The Morgan fingerprint density at radius 1 is 1.21 bits per heavy atom. The lowest BCUT2D eigenvalue weighted by Crippen LogP contribution is -2.70. The quantitative estimate of drug-likeness (QED) is 0.123. The molecule has 1 aliphatic carbocycles. The molecule has 0 aromatic carbocycles. The second-order valence-corrected chi connectivity index (χ2v) is 14.1. The number of hydrogen-bond donors (Lipinski definition) is 2. The summed E-state index contributed by atoms with van der Waals surface area (Å²) >= 11 is 3.98. The minimum atomic E-state index is -1.22. The van der Waals surface area contributed by atoms with Crippen LogP contribution < -0.4 is 11.1 Å². The van der Waals surface area contributed by atoms with Crippen molar-refractivity contribution in [3.8, 4) is 0 Å².